The molecular weight excluding hydrogens is 251 g/mol. The van der Waals surface area contributed by atoms with Crippen LogP contribution < -0.4 is 5.32 Å². The SMILES string of the molecule is CCCCC(C)NC(C)c1cccc(C(F)(F)F)c1. The lowest BCUT2D eigenvalue weighted by Gasteiger charge is -2.21. The van der Waals surface area contributed by atoms with Gasteiger partial charge in [0.05, 0.1) is 5.56 Å². The van der Waals surface area contributed by atoms with Gasteiger partial charge < -0.3 is 5.32 Å². The van der Waals surface area contributed by atoms with Gasteiger partial charge in [-0.1, -0.05) is 31.9 Å². The molecule has 1 aromatic rings. The molecule has 108 valence electrons. The molecule has 0 amide bonds. The standard InChI is InChI=1S/C15H22F3N/c1-4-5-7-11(2)19-12(3)13-8-6-9-14(10-13)15(16,17)18/h6,8-12,19H,4-5,7H2,1-3H3. The highest BCUT2D eigenvalue weighted by atomic mass is 19.4. The molecule has 1 rings (SSSR count). The molecule has 0 spiro atoms. The Kier molecular flexibility index (Phi) is 5.85. The minimum Gasteiger partial charge on any atom is -0.308 e. The molecule has 0 aliphatic heterocycles. The zero-order chi connectivity index (χ0) is 14.5. The van der Waals surface area contributed by atoms with Gasteiger partial charge in [0.2, 0.25) is 0 Å². The molecule has 19 heavy (non-hydrogen) atoms. The highest BCUT2D eigenvalue weighted by Gasteiger charge is 2.30. The maximum atomic E-state index is 12.6. The molecule has 1 nitrogen and oxygen atoms in total. The predicted molar refractivity (Wildman–Crippen MR) is 72.0 cm³/mol. The quantitative estimate of drug-likeness (QED) is 0.774. The van der Waals surface area contributed by atoms with E-state index in [2.05, 4.69) is 19.2 Å². The summed E-state index contributed by atoms with van der Waals surface area (Å²) in [7, 11) is 0. The van der Waals surface area contributed by atoms with E-state index in [0.29, 0.717) is 11.6 Å². The molecule has 0 aliphatic rings. The first-order chi connectivity index (χ1) is 8.84. The Bertz CT molecular complexity index is 387. The van der Waals surface area contributed by atoms with Crippen molar-refractivity contribution in [3.63, 3.8) is 0 Å². The molecule has 0 saturated heterocycles. The predicted octanol–water partition coefficient (Wildman–Crippen LogP) is 4.93. The molecule has 0 aromatic heterocycles. The van der Waals surface area contributed by atoms with E-state index in [4.69, 9.17) is 0 Å². The number of benzene rings is 1. The Morgan fingerprint density at radius 1 is 1.21 bits per heavy atom. The van der Waals surface area contributed by atoms with Crippen LogP contribution in [-0.2, 0) is 6.18 Å². The molecule has 2 atom stereocenters. The van der Waals surface area contributed by atoms with E-state index in [0.717, 1.165) is 25.3 Å². The van der Waals surface area contributed by atoms with E-state index in [-0.39, 0.29) is 6.04 Å². The largest absolute Gasteiger partial charge is 0.416 e. The normalized spacial score (nSPS) is 15.3. The lowest BCUT2D eigenvalue weighted by atomic mass is 10.0. The number of nitrogens with one attached hydrogen (secondary N) is 1. The van der Waals surface area contributed by atoms with Crippen molar-refractivity contribution in [1.82, 2.24) is 5.32 Å². The average Bonchev–Trinajstić information content (AvgIpc) is 2.35. The number of unbranched alkanes of at least 4 members (excludes halogenated alkanes) is 1. The van der Waals surface area contributed by atoms with Gasteiger partial charge >= 0.3 is 6.18 Å². The van der Waals surface area contributed by atoms with E-state index >= 15 is 0 Å². The molecule has 0 fully saturated rings. The summed E-state index contributed by atoms with van der Waals surface area (Å²) in [6, 6.07) is 5.77. The Balaban J connectivity index is 2.69. The van der Waals surface area contributed by atoms with Crippen LogP contribution in [0.2, 0.25) is 0 Å². The van der Waals surface area contributed by atoms with Crippen LogP contribution in [0.25, 0.3) is 0 Å². The van der Waals surface area contributed by atoms with E-state index in [1.165, 1.54) is 12.1 Å². The third-order valence-electron chi connectivity index (χ3n) is 3.24. The van der Waals surface area contributed by atoms with Crippen molar-refractivity contribution in [1.29, 1.82) is 0 Å². The topological polar surface area (TPSA) is 12.0 Å². The van der Waals surface area contributed by atoms with Crippen LogP contribution in [0.1, 0.15) is 57.2 Å². The van der Waals surface area contributed by atoms with Gasteiger partial charge in [-0.3, -0.25) is 0 Å². The molecule has 0 saturated carbocycles. The first-order valence-corrected chi connectivity index (χ1v) is 6.77. The van der Waals surface area contributed by atoms with E-state index in [9.17, 15) is 13.2 Å². The third-order valence-corrected chi connectivity index (χ3v) is 3.24. The van der Waals surface area contributed by atoms with Crippen molar-refractivity contribution in [2.24, 2.45) is 0 Å². The summed E-state index contributed by atoms with van der Waals surface area (Å²) in [4.78, 5) is 0. The highest BCUT2D eigenvalue weighted by molar-refractivity contribution is 5.27. The summed E-state index contributed by atoms with van der Waals surface area (Å²) in [6.07, 6.45) is -0.975. The maximum absolute atomic E-state index is 12.6. The van der Waals surface area contributed by atoms with Crippen LogP contribution in [0.4, 0.5) is 13.2 Å². The van der Waals surface area contributed by atoms with Crippen molar-refractivity contribution in [3.05, 3.63) is 35.4 Å². The molecular formula is C15H22F3N. The van der Waals surface area contributed by atoms with Crippen LogP contribution in [-0.4, -0.2) is 6.04 Å². The van der Waals surface area contributed by atoms with Crippen molar-refractivity contribution in [2.75, 3.05) is 0 Å². The van der Waals surface area contributed by atoms with Crippen molar-refractivity contribution in [2.45, 2.75) is 58.3 Å². The van der Waals surface area contributed by atoms with Gasteiger partial charge in [-0.15, -0.1) is 0 Å². The van der Waals surface area contributed by atoms with Crippen LogP contribution in [0, 0.1) is 0 Å². The summed E-state index contributed by atoms with van der Waals surface area (Å²) in [5.74, 6) is 0. The summed E-state index contributed by atoms with van der Waals surface area (Å²) in [5.41, 5.74) is 0.0954. The first kappa shape index (κ1) is 16.0. The highest BCUT2D eigenvalue weighted by Crippen LogP contribution is 2.30. The van der Waals surface area contributed by atoms with Gasteiger partial charge in [0.15, 0.2) is 0 Å². The van der Waals surface area contributed by atoms with E-state index < -0.39 is 11.7 Å². The Morgan fingerprint density at radius 3 is 2.47 bits per heavy atom. The molecule has 0 aliphatic carbocycles. The van der Waals surface area contributed by atoms with Crippen molar-refractivity contribution < 1.29 is 13.2 Å². The average molecular weight is 273 g/mol. The third kappa shape index (κ3) is 5.23. The fourth-order valence-corrected chi connectivity index (χ4v) is 2.10. The Labute approximate surface area is 113 Å². The van der Waals surface area contributed by atoms with Crippen molar-refractivity contribution >= 4 is 0 Å². The minimum atomic E-state index is -4.27. The summed E-state index contributed by atoms with van der Waals surface area (Å²) >= 11 is 0. The minimum absolute atomic E-state index is 0.0749. The molecule has 4 heteroatoms. The second kappa shape index (κ2) is 6.94. The van der Waals surface area contributed by atoms with Crippen LogP contribution >= 0.6 is 0 Å². The fraction of sp³-hybridized carbons (Fsp3) is 0.600. The Morgan fingerprint density at radius 2 is 1.89 bits per heavy atom. The van der Waals surface area contributed by atoms with E-state index in [1.54, 1.807) is 6.07 Å². The maximum Gasteiger partial charge on any atom is 0.416 e. The zero-order valence-corrected chi connectivity index (χ0v) is 11.7. The van der Waals surface area contributed by atoms with Gasteiger partial charge in [0.25, 0.3) is 0 Å². The summed E-state index contributed by atoms with van der Waals surface area (Å²) in [5, 5.41) is 3.34. The molecule has 0 heterocycles. The summed E-state index contributed by atoms with van der Waals surface area (Å²) in [6.45, 7) is 6.10. The van der Waals surface area contributed by atoms with Crippen LogP contribution in [0.3, 0.4) is 0 Å². The number of hydrogen-bond acceptors (Lipinski definition) is 1. The van der Waals surface area contributed by atoms with Gasteiger partial charge in [0.1, 0.15) is 0 Å². The van der Waals surface area contributed by atoms with Crippen LogP contribution in [0.15, 0.2) is 24.3 Å². The molecule has 0 radical (unpaired) electrons. The summed E-state index contributed by atoms with van der Waals surface area (Å²) < 4.78 is 37.9. The number of alkyl halides is 3. The first-order valence-electron chi connectivity index (χ1n) is 6.77. The fourth-order valence-electron chi connectivity index (χ4n) is 2.10. The van der Waals surface area contributed by atoms with Gasteiger partial charge in [-0.05, 0) is 38.0 Å². The molecule has 1 N–H and O–H groups in total. The molecule has 1 aromatic carbocycles. The number of rotatable bonds is 6. The van der Waals surface area contributed by atoms with Gasteiger partial charge in [-0.25, -0.2) is 0 Å². The van der Waals surface area contributed by atoms with Crippen LogP contribution in [0.5, 0.6) is 0 Å². The lowest BCUT2D eigenvalue weighted by Crippen LogP contribution is -2.29. The molecule has 2 unspecified atom stereocenters. The number of hydrogen-bond donors (Lipinski definition) is 1. The molecule has 0 bridgehead atoms. The lowest BCUT2D eigenvalue weighted by molar-refractivity contribution is -0.137. The smallest absolute Gasteiger partial charge is 0.308 e. The zero-order valence-electron chi connectivity index (χ0n) is 11.7. The Hall–Kier alpha value is -1.03. The van der Waals surface area contributed by atoms with Gasteiger partial charge in [-0.2, -0.15) is 13.2 Å². The number of halogens is 3. The second-order valence-corrected chi connectivity index (χ2v) is 5.05. The monoisotopic (exact) mass is 273 g/mol. The van der Waals surface area contributed by atoms with Gasteiger partial charge in [0, 0.05) is 12.1 Å². The van der Waals surface area contributed by atoms with Crippen molar-refractivity contribution in [3.8, 4) is 0 Å². The van der Waals surface area contributed by atoms with E-state index in [1.807, 2.05) is 6.92 Å². The second-order valence-electron chi connectivity index (χ2n) is 5.05.